The van der Waals surface area contributed by atoms with Crippen molar-refractivity contribution in [2.75, 3.05) is 4.90 Å². The molecule has 2 aliphatic rings. The highest BCUT2D eigenvalue weighted by Gasteiger charge is 2.44. The van der Waals surface area contributed by atoms with Crippen LogP contribution >= 0.6 is 11.3 Å². The van der Waals surface area contributed by atoms with Gasteiger partial charge < -0.3 is 14.0 Å². The van der Waals surface area contributed by atoms with Gasteiger partial charge in [-0.25, -0.2) is 0 Å². The molecule has 0 N–H and O–H groups in total. The number of para-hydroxylation sites is 3. The smallest absolute Gasteiger partial charge is 0.264 e. The summed E-state index contributed by atoms with van der Waals surface area (Å²) in [5, 5.41) is 6.48. The molecule has 5 heteroatoms. The first-order chi connectivity index (χ1) is 27.6. The third kappa shape index (κ3) is 4.44. The third-order valence-corrected chi connectivity index (χ3v) is 14.0. The third-order valence-electron chi connectivity index (χ3n) is 12.8. The zero-order chi connectivity index (χ0) is 38.5. The van der Waals surface area contributed by atoms with E-state index in [0.717, 1.165) is 0 Å². The second-order valence-electron chi connectivity index (χ2n) is 18.2. The number of aromatic nitrogens is 2. The van der Waals surface area contributed by atoms with Crippen molar-refractivity contribution < 1.29 is 0 Å². The van der Waals surface area contributed by atoms with E-state index >= 15 is 0 Å². The maximum Gasteiger partial charge on any atom is 0.264 e. The second-order valence-corrected chi connectivity index (χ2v) is 19.3. The minimum Gasteiger partial charge on any atom is -0.310 e. The molecule has 3 nitrogen and oxygen atoms in total. The molecule has 0 amide bonds. The second kappa shape index (κ2) is 11.3. The lowest BCUT2D eigenvalue weighted by Gasteiger charge is -2.39. The molecule has 12 rings (SSSR count). The van der Waals surface area contributed by atoms with Crippen LogP contribution in [0.25, 0.3) is 65.1 Å². The van der Waals surface area contributed by atoms with Crippen LogP contribution in [0.3, 0.4) is 0 Å². The molecule has 57 heavy (non-hydrogen) atoms. The van der Waals surface area contributed by atoms with E-state index in [1.54, 1.807) is 0 Å². The monoisotopic (exact) mass is 751 g/mol. The van der Waals surface area contributed by atoms with E-state index in [1.807, 2.05) is 11.3 Å². The van der Waals surface area contributed by atoms with Crippen LogP contribution in [0.15, 0.2) is 146 Å². The Bertz CT molecular complexity index is 3310. The molecule has 274 valence electrons. The lowest BCUT2D eigenvalue weighted by atomic mass is 9.36. The van der Waals surface area contributed by atoms with Crippen LogP contribution in [0, 0.1) is 0 Å². The van der Waals surface area contributed by atoms with Crippen molar-refractivity contribution in [2.45, 2.75) is 52.4 Å². The average Bonchev–Trinajstić information content (AvgIpc) is 3.87. The van der Waals surface area contributed by atoms with Crippen molar-refractivity contribution in [3.05, 3.63) is 157 Å². The van der Waals surface area contributed by atoms with Crippen molar-refractivity contribution in [1.29, 1.82) is 0 Å². The van der Waals surface area contributed by atoms with Crippen molar-refractivity contribution in [1.82, 2.24) is 9.13 Å². The van der Waals surface area contributed by atoms with Gasteiger partial charge in [0.1, 0.15) is 0 Å². The normalized spacial score (nSPS) is 13.7. The summed E-state index contributed by atoms with van der Waals surface area (Å²) in [7, 11) is 0. The van der Waals surface area contributed by atoms with Crippen LogP contribution in [-0.2, 0) is 10.8 Å². The van der Waals surface area contributed by atoms with E-state index in [-0.39, 0.29) is 17.5 Å². The van der Waals surface area contributed by atoms with Crippen LogP contribution in [0.2, 0.25) is 0 Å². The standard InChI is InChI=1S/C52H42BN3S/c1-51(2,3)31-22-25-34(26-23-31)55-42-20-13-21-43-45(42)53(50-49(55)39-30-32(52(4,5)6)24-29-44(39)57-50)40-18-12-17-36-38-28-27-37-35-16-10-11-19-41(35)54(33-14-8-7-9-15-33)47(37)48(38)56(43)46(36)40/h7-30H,1-6H3. The van der Waals surface area contributed by atoms with Crippen LogP contribution < -0.4 is 20.6 Å². The number of benzene rings is 7. The molecule has 7 aromatic carbocycles. The van der Waals surface area contributed by atoms with Gasteiger partial charge in [0.15, 0.2) is 0 Å². The van der Waals surface area contributed by atoms with E-state index in [9.17, 15) is 0 Å². The van der Waals surface area contributed by atoms with Gasteiger partial charge in [-0.05, 0) is 87.5 Å². The summed E-state index contributed by atoms with van der Waals surface area (Å²) < 4.78 is 7.89. The number of fused-ring (bicyclic) bond motifs is 13. The summed E-state index contributed by atoms with van der Waals surface area (Å²) in [5.41, 5.74) is 16.9. The maximum atomic E-state index is 2.63. The van der Waals surface area contributed by atoms with Gasteiger partial charge in [0.25, 0.3) is 6.71 Å². The highest BCUT2D eigenvalue weighted by Crippen LogP contribution is 2.48. The molecule has 0 unspecified atom stereocenters. The molecule has 0 spiro atoms. The predicted octanol–water partition coefficient (Wildman–Crippen LogP) is 12.3. The minimum atomic E-state index is 0.0346. The van der Waals surface area contributed by atoms with E-state index in [1.165, 1.54) is 109 Å². The molecule has 0 saturated heterocycles. The topological polar surface area (TPSA) is 13.1 Å². The Morgan fingerprint density at radius 1 is 0.474 bits per heavy atom. The van der Waals surface area contributed by atoms with Gasteiger partial charge in [-0.2, -0.15) is 0 Å². The first-order valence-corrected chi connectivity index (χ1v) is 21.0. The largest absolute Gasteiger partial charge is 0.310 e. The Kier molecular flexibility index (Phi) is 6.57. The molecule has 5 heterocycles. The summed E-state index contributed by atoms with van der Waals surface area (Å²) in [6, 6.07) is 55.2. The number of hydrogen-bond donors (Lipinski definition) is 0. The Morgan fingerprint density at radius 2 is 1.11 bits per heavy atom. The van der Waals surface area contributed by atoms with E-state index in [4.69, 9.17) is 0 Å². The first-order valence-electron chi connectivity index (χ1n) is 20.2. The Morgan fingerprint density at radius 3 is 1.88 bits per heavy atom. The fourth-order valence-corrected chi connectivity index (χ4v) is 11.4. The van der Waals surface area contributed by atoms with Crippen LogP contribution in [0.4, 0.5) is 17.1 Å². The summed E-state index contributed by atoms with van der Waals surface area (Å²) >= 11 is 1.98. The number of hydrogen-bond acceptors (Lipinski definition) is 2. The number of nitrogens with zero attached hydrogens (tertiary/aromatic N) is 3. The summed E-state index contributed by atoms with van der Waals surface area (Å²) in [6.45, 7) is 14.0. The van der Waals surface area contributed by atoms with Crippen molar-refractivity contribution in [3.8, 4) is 11.4 Å². The van der Waals surface area contributed by atoms with Crippen LogP contribution in [-0.4, -0.2) is 15.8 Å². The van der Waals surface area contributed by atoms with E-state index in [2.05, 4.69) is 201 Å². The predicted molar refractivity (Wildman–Crippen MR) is 247 cm³/mol. The lowest BCUT2D eigenvalue weighted by molar-refractivity contribution is 0.590. The average molecular weight is 752 g/mol. The van der Waals surface area contributed by atoms with Crippen molar-refractivity contribution in [3.63, 3.8) is 0 Å². The molecule has 0 aliphatic carbocycles. The van der Waals surface area contributed by atoms with E-state index in [0.29, 0.717) is 0 Å². The maximum absolute atomic E-state index is 2.63. The molecule has 0 atom stereocenters. The molecule has 2 aliphatic heterocycles. The Balaban J connectivity index is 1.24. The number of rotatable bonds is 2. The number of anilines is 3. The van der Waals surface area contributed by atoms with Gasteiger partial charge in [0, 0.05) is 64.7 Å². The minimum absolute atomic E-state index is 0.0346. The summed E-state index contributed by atoms with van der Waals surface area (Å²) in [4.78, 5) is 2.59. The Labute approximate surface area is 337 Å². The zero-order valence-electron chi connectivity index (χ0n) is 33.2. The quantitative estimate of drug-likeness (QED) is 0.160. The summed E-state index contributed by atoms with van der Waals surface area (Å²) in [6.07, 6.45) is 0. The molecule has 10 aromatic rings. The van der Waals surface area contributed by atoms with Crippen LogP contribution in [0.5, 0.6) is 0 Å². The van der Waals surface area contributed by atoms with Gasteiger partial charge in [-0.15, -0.1) is 11.3 Å². The molecule has 3 aromatic heterocycles. The molecule has 0 saturated carbocycles. The molecular formula is C52H42BN3S. The Hall–Kier alpha value is -6.04. The number of thiophene rings is 1. The SMILES string of the molecule is CC(C)(C)c1ccc(N2c3cccc4c3B(c3sc5ccc(C(C)(C)C)cc5c32)c2cccc3c5ccc6c7ccccc7n(-c7ccccc7)c6c5n-4c23)cc1. The van der Waals surface area contributed by atoms with Gasteiger partial charge in [0.2, 0.25) is 0 Å². The fourth-order valence-electron chi connectivity index (χ4n) is 10.1. The molecule has 0 radical (unpaired) electrons. The molecular weight excluding hydrogens is 709 g/mol. The highest BCUT2D eigenvalue weighted by atomic mass is 32.1. The van der Waals surface area contributed by atoms with Gasteiger partial charge in [-0.1, -0.05) is 133 Å². The lowest BCUT2D eigenvalue weighted by Crippen LogP contribution is -2.59. The van der Waals surface area contributed by atoms with Gasteiger partial charge in [0.05, 0.1) is 22.2 Å². The van der Waals surface area contributed by atoms with Gasteiger partial charge >= 0.3 is 0 Å². The zero-order valence-corrected chi connectivity index (χ0v) is 34.0. The summed E-state index contributed by atoms with van der Waals surface area (Å²) in [5.74, 6) is 0. The van der Waals surface area contributed by atoms with Crippen LogP contribution in [0.1, 0.15) is 52.7 Å². The van der Waals surface area contributed by atoms with Gasteiger partial charge in [-0.3, -0.25) is 0 Å². The molecule has 0 bridgehead atoms. The van der Waals surface area contributed by atoms with Crippen molar-refractivity contribution in [2.24, 2.45) is 0 Å². The fraction of sp³-hybridized carbons (Fsp3) is 0.154. The first kappa shape index (κ1) is 33.1. The van der Waals surface area contributed by atoms with E-state index < -0.39 is 0 Å². The molecule has 0 fully saturated rings. The highest BCUT2D eigenvalue weighted by molar-refractivity contribution is 7.33. The van der Waals surface area contributed by atoms with Crippen molar-refractivity contribution >= 4 is 105 Å².